The highest BCUT2D eigenvalue weighted by Crippen LogP contribution is 2.20. The molecule has 8 amide bonds. The number of amides is 8. The van der Waals surface area contributed by atoms with Crippen LogP contribution in [0.5, 0.6) is 5.75 Å². The van der Waals surface area contributed by atoms with E-state index in [0.717, 1.165) is 11.1 Å². The van der Waals surface area contributed by atoms with Crippen LogP contribution in [0.4, 0.5) is 0 Å². The van der Waals surface area contributed by atoms with Gasteiger partial charge in [0, 0.05) is 32.4 Å². The van der Waals surface area contributed by atoms with Gasteiger partial charge in [-0.15, -0.1) is 0 Å². The van der Waals surface area contributed by atoms with Gasteiger partial charge in [-0.3, -0.25) is 38.4 Å². The molecule has 4 aromatic carbocycles. The number of hydrogen-bond donors (Lipinski definition) is 9. The number of rotatable bonds is 23. The van der Waals surface area contributed by atoms with Crippen LogP contribution in [0, 0.1) is 0 Å². The lowest BCUT2D eigenvalue weighted by atomic mass is 10.0. The number of aromatic hydroxyl groups is 1. The van der Waals surface area contributed by atoms with Crippen molar-refractivity contribution in [2.24, 2.45) is 11.5 Å². The molecule has 18 nitrogen and oxygen atoms in total. The summed E-state index contributed by atoms with van der Waals surface area (Å²) in [6, 6.07) is 26.6. The largest absolute Gasteiger partial charge is 0.508 e. The smallest absolute Gasteiger partial charge is 0.246 e. The summed E-state index contributed by atoms with van der Waals surface area (Å²) < 4.78 is 0. The second-order valence-corrected chi connectivity index (χ2v) is 16.4. The van der Waals surface area contributed by atoms with Gasteiger partial charge in [-0.05, 0) is 67.0 Å². The van der Waals surface area contributed by atoms with E-state index in [1.807, 2.05) is 36.4 Å². The van der Waals surface area contributed by atoms with E-state index in [0.29, 0.717) is 17.5 Å². The lowest BCUT2D eigenvalue weighted by molar-refractivity contribution is -0.141. The Bertz CT molecular complexity index is 2320. The maximum absolute atomic E-state index is 14.2. The second-order valence-electron chi connectivity index (χ2n) is 16.4. The molecule has 4 aromatic rings. The summed E-state index contributed by atoms with van der Waals surface area (Å²) >= 11 is 0. The third-order valence-electron chi connectivity index (χ3n) is 11.2. The summed E-state index contributed by atoms with van der Waals surface area (Å²) in [5.41, 5.74) is 14.7. The molecule has 0 spiro atoms. The summed E-state index contributed by atoms with van der Waals surface area (Å²) in [5.74, 6) is -5.19. The van der Waals surface area contributed by atoms with Crippen molar-refractivity contribution in [2.45, 2.75) is 94.7 Å². The minimum absolute atomic E-state index is 0.0163. The average molecular weight is 918 g/mol. The SMILES string of the molecule is C[C@H](NC(=O)[C@H](Cc1ccccc1)NC(=O)[C@H](CCC(N)=O)NC(=O)CNC(=O)[C@@H]1CCCN1C(=O)[C@H](Cc1ccccc1)NC(=O)[C@@H](N)Cc1ccc(O)cc1)C(=O)NCc1ccccc1. The zero-order valence-electron chi connectivity index (χ0n) is 37.3. The van der Waals surface area contributed by atoms with Crippen molar-refractivity contribution in [3.05, 3.63) is 138 Å². The van der Waals surface area contributed by atoms with E-state index in [-0.39, 0.29) is 57.4 Å². The van der Waals surface area contributed by atoms with Crippen LogP contribution in [0.25, 0.3) is 0 Å². The molecule has 0 bridgehead atoms. The first kappa shape index (κ1) is 50.4. The van der Waals surface area contributed by atoms with Gasteiger partial charge in [0.2, 0.25) is 47.3 Å². The van der Waals surface area contributed by atoms with Crippen LogP contribution in [0.3, 0.4) is 0 Å². The van der Waals surface area contributed by atoms with Crippen molar-refractivity contribution in [3.8, 4) is 5.75 Å². The first-order valence-corrected chi connectivity index (χ1v) is 22.2. The number of nitrogens with zero attached hydrogens (tertiary/aromatic N) is 1. The Morgan fingerprint density at radius 3 is 1.76 bits per heavy atom. The molecule has 0 radical (unpaired) electrons. The van der Waals surface area contributed by atoms with Crippen LogP contribution in [-0.2, 0) is 64.2 Å². The molecule has 1 fully saturated rings. The molecule has 67 heavy (non-hydrogen) atoms. The molecule has 1 heterocycles. The number of carbonyl (C=O) groups is 8. The Labute approximate surface area is 389 Å². The van der Waals surface area contributed by atoms with Gasteiger partial charge in [-0.25, -0.2) is 0 Å². The van der Waals surface area contributed by atoms with E-state index < -0.39 is 90.1 Å². The molecule has 0 saturated carbocycles. The van der Waals surface area contributed by atoms with Gasteiger partial charge in [0.05, 0.1) is 12.6 Å². The van der Waals surface area contributed by atoms with E-state index in [9.17, 15) is 43.5 Å². The van der Waals surface area contributed by atoms with Gasteiger partial charge < -0.3 is 53.4 Å². The van der Waals surface area contributed by atoms with Gasteiger partial charge in [-0.2, -0.15) is 0 Å². The van der Waals surface area contributed by atoms with Crippen LogP contribution < -0.4 is 43.4 Å². The monoisotopic (exact) mass is 917 g/mol. The quantitative estimate of drug-likeness (QED) is 0.0494. The summed E-state index contributed by atoms with van der Waals surface area (Å²) in [4.78, 5) is 108. The highest BCUT2D eigenvalue weighted by molar-refractivity contribution is 5.97. The van der Waals surface area contributed by atoms with Crippen LogP contribution in [0.2, 0.25) is 0 Å². The predicted octanol–water partition coefficient (Wildman–Crippen LogP) is 0.396. The zero-order chi connectivity index (χ0) is 48.3. The lowest BCUT2D eigenvalue weighted by Gasteiger charge is -2.29. The Kier molecular flexibility index (Phi) is 18.9. The Morgan fingerprint density at radius 2 is 1.16 bits per heavy atom. The summed E-state index contributed by atoms with van der Waals surface area (Å²) in [5, 5.41) is 25.6. The molecule has 11 N–H and O–H groups in total. The number of primary amides is 1. The minimum Gasteiger partial charge on any atom is -0.508 e. The molecule has 18 heteroatoms. The van der Waals surface area contributed by atoms with Crippen molar-refractivity contribution >= 4 is 47.3 Å². The summed E-state index contributed by atoms with van der Waals surface area (Å²) in [6.07, 6.45) is 0.453. The number of hydrogen-bond acceptors (Lipinski definition) is 10. The standard InChI is InChI=1S/C49H59N9O9/c1-31(44(62)52-29-35-16-9-4-10-17-35)54-47(65)39(27-32-12-5-2-6-13-32)56-46(64)38(23-24-42(51)60)55-43(61)30-53-48(66)41-18-11-25-58(41)49(67)40(28-33-14-7-3-8-15-33)57-45(63)37(50)26-34-19-21-36(59)22-20-34/h2-10,12-17,19-22,31,37-41,59H,11,18,23-30,50H2,1H3,(H2,51,60)(H,52,62)(H,53,66)(H,54,65)(H,55,61)(H,56,64)(H,57,63)/t31-,37-,38-,39-,40-,41-/m0/s1. The number of benzene rings is 4. The topological polar surface area (TPSA) is 284 Å². The summed E-state index contributed by atoms with van der Waals surface area (Å²) in [6.45, 7) is 1.33. The molecule has 0 aliphatic carbocycles. The van der Waals surface area contributed by atoms with Crippen molar-refractivity contribution in [1.82, 2.24) is 36.8 Å². The number of nitrogens with one attached hydrogen (secondary N) is 6. The second kappa shape index (κ2) is 25.2. The van der Waals surface area contributed by atoms with Crippen molar-refractivity contribution < 1.29 is 43.5 Å². The first-order chi connectivity index (χ1) is 32.2. The van der Waals surface area contributed by atoms with E-state index in [4.69, 9.17) is 11.5 Å². The van der Waals surface area contributed by atoms with Gasteiger partial charge in [0.15, 0.2) is 0 Å². The molecule has 5 rings (SSSR count). The van der Waals surface area contributed by atoms with E-state index in [1.165, 1.54) is 24.0 Å². The molecule has 0 unspecified atom stereocenters. The van der Waals surface area contributed by atoms with Gasteiger partial charge in [0.1, 0.15) is 36.0 Å². The molecule has 354 valence electrons. The maximum atomic E-state index is 14.2. The van der Waals surface area contributed by atoms with Crippen molar-refractivity contribution in [3.63, 3.8) is 0 Å². The van der Waals surface area contributed by atoms with Crippen molar-refractivity contribution in [1.29, 1.82) is 0 Å². The first-order valence-electron chi connectivity index (χ1n) is 22.2. The van der Waals surface area contributed by atoms with Crippen molar-refractivity contribution in [2.75, 3.05) is 13.1 Å². The molecular formula is C49H59N9O9. The number of phenolic OH excluding ortho intramolecular Hbond substituents is 1. The Hall–Kier alpha value is -7.60. The predicted molar refractivity (Wildman–Crippen MR) is 248 cm³/mol. The molecule has 1 aliphatic heterocycles. The van der Waals surface area contributed by atoms with Crippen LogP contribution in [0.1, 0.15) is 54.9 Å². The van der Waals surface area contributed by atoms with Crippen LogP contribution in [0.15, 0.2) is 115 Å². The zero-order valence-corrected chi connectivity index (χ0v) is 37.3. The molecular weight excluding hydrogens is 859 g/mol. The molecule has 6 atom stereocenters. The van der Waals surface area contributed by atoms with Crippen LogP contribution >= 0.6 is 0 Å². The van der Waals surface area contributed by atoms with Crippen LogP contribution in [-0.4, -0.2) is 107 Å². The van der Waals surface area contributed by atoms with E-state index in [2.05, 4.69) is 31.9 Å². The average Bonchev–Trinajstić information content (AvgIpc) is 3.82. The minimum atomic E-state index is -1.37. The third-order valence-corrected chi connectivity index (χ3v) is 11.2. The number of nitrogens with two attached hydrogens (primary N) is 2. The van der Waals surface area contributed by atoms with Gasteiger partial charge >= 0.3 is 0 Å². The highest BCUT2D eigenvalue weighted by atomic mass is 16.3. The molecule has 0 aromatic heterocycles. The lowest BCUT2D eigenvalue weighted by Crippen LogP contribution is -2.58. The van der Waals surface area contributed by atoms with Gasteiger partial charge in [-0.1, -0.05) is 103 Å². The Morgan fingerprint density at radius 1 is 0.627 bits per heavy atom. The fraction of sp³-hybridized carbons (Fsp3) is 0.347. The third kappa shape index (κ3) is 16.1. The highest BCUT2D eigenvalue weighted by Gasteiger charge is 2.38. The van der Waals surface area contributed by atoms with E-state index in [1.54, 1.807) is 66.7 Å². The normalized spacial score (nSPS) is 15.4. The van der Waals surface area contributed by atoms with Gasteiger partial charge in [0.25, 0.3) is 0 Å². The fourth-order valence-electron chi connectivity index (χ4n) is 7.55. The summed E-state index contributed by atoms with van der Waals surface area (Å²) in [7, 11) is 0. The molecule has 1 saturated heterocycles. The maximum Gasteiger partial charge on any atom is 0.246 e. The number of carbonyl (C=O) groups excluding carboxylic acids is 8. The van der Waals surface area contributed by atoms with E-state index >= 15 is 0 Å². The fourth-order valence-corrected chi connectivity index (χ4v) is 7.55. The number of likely N-dealkylation sites (tertiary alicyclic amines) is 1. The number of phenols is 1. The molecule has 1 aliphatic rings. The Balaban J connectivity index is 1.21.